The van der Waals surface area contributed by atoms with Crippen LogP contribution in [0.4, 0.5) is 0 Å². The lowest BCUT2D eigenvalue weighted by Crippen LogP contribution is -2.72. The zero-order valence-electron chi connectivity index (χ0n) is 54.6. The molecule has 0 radical (unpaired) electrons. The molecule has 1 amide bonds. The van der Waals surface area contributed by atoms with Gasteiger partial charge in [0.2, 0.25) is 5.91 Å². The third-order valence-corrected chi connectivity index (χ3v) is 19.0. The molecule has 0 aromatic heterocycles. The largest absolute Gasteiger partial charge is 0.479 e. The first kappa shape index (κ1) is 88.0. The van der Waals surface area contributed by atoms with Crippen molar-refractivity contribution in [3.8, 4) is 0 Å². The summed E-state index contributed by atoms with van der Waals surface area (Å²) >= 11 is 0. The van der Waals surface area contributed by atoms with Crippen LogP contribution in [-0.4, -0.2) is 468 Å². The van der Waals surface area contributed by atoms with Gasteiger partial charge in [0.25, 0.3) is 5.79 Å². The average Bonchev–Trinajstić information content (AvgIpc) is 0.748. The van der Waals surface area contributed by atoms with Gasteiger partial charge in [-0.2, -0.15) is 0 Å². The van der Waals surface area contributed by atoms with Crippen molar-refractivity contribution in [3.63, 3.8) is 0 Å². The highest BCUT2D eigenvalue weighted by Gasteiger charge is 2.64. The summed E-state index contributed by atoms with van der Waals surface area (Å²) in [4.78, 5) is 70.6. The van der Waals surface area contributed by atoms with Gasteiger partial charge in [0.15, 0.2) is 56.2 Å². The van der Waals surface area contributed by atoms with Crippen LogP contribution < -0.4 is 5.32 Å². The number of hydrogen-bond acceptors (Lipinski definition) is 45. The van der Waals surface area contributed by atoms with Crippen LogP contribution in [0.1, 0.15) is 13.3 Å². The third kappa shape index (κ3) is 18.9. The first-order chi connectivity index (χ1) is 49.6. The lowest BCUT2D eigenvalue weighted by atomic mass is 9.91. The van der Waals surface area contributed by atoms with E-state index in [0.29, 0.717) is 0 Å². The Morgan fingerprint density at radius 3 is 1.27 bits per heavy atom. The van der Waals surface area contributed by atoms with E-state index in [9.17, 15) is 171 Å². The van der Waals surface area contributed by atoms with Gasteiger partial charge in [0.1, 0.15) is 195 Å². The number of ether oxygens (including phenoxy) is 15. The summed E-state index contributed by atoms with van der Waals surface area (Å²) in [7, 11) is -6.10. The molecule has 51 nitrogen and oxygen atoms in total. The molecule has 8 fully saturated rings. The van der Waals surface area contributed by atoms with Crippen LogP contribution in [0.25, 0.3) is 0 Å². The van der Waals surface area contributed by atoms with Crippen molar-refractivity contribution in [2.24, 2.45) is 0 Å². The zero-order valence-corrected chi connectivity index (χ0v) is 55.5. The molecule has 42 atom stereocenters. The summed E-state index contributed by atoms with van der Waals surface area (Å²) in [5.41, 5.74) is 0. The number of carboxylic acids is 3. The summed E-state index contributed by atoms with van der Waals surface area (Å²) in [5.74, 6) is -11.3. The normalized spacial score (nSPS) is 47.8. The Morgan fingerprint density at radius 1 is 0.415 bits per heavy atom. The highest BCUT2D eigenvalue weighted by molar-refractivity contribution is 7.46. The molecule has 0 aliphatic carbocycles. The van der Waals surface area contributed by atoms with Gasteiger partial charge in [-0.15, -0.1) is 0 Å². The van der Waals surface area contributed by atoms with E-state index in [0.717, 1.165) is 6.92 Å². The van der Waals surface area contributed by atoms with Crippen LogP contribution in [-0.2, 0) is 99.3 Å². The van der Waals surface area contributed by atoms with Crippen LogP contribution in [0, 0.1) is 0 Å². The molecule has 8 rings (SSSR count). The van der Waals surface area contributed by atoms with Crippen LogP contribution in [0.15, 0.2) is 0 Å². The monoisotopic (exact) mass is 1580 g/mol. The van der Waals surface area contributed by atoms with Gasteiger partial charge >= 0.3 is 25.7 Å². The second-order valence-electron chi connectivity index (χ2n) is 25.7. The number of phosphoric ester groups is 1. The molecule has 0 aromatic rings. The Balaban J connectivity index is 1.28. The molecule has 8 heterocycles. The standard InChI is InChI=1S/C54H88NO50P/c1-9(62)55-17-19(67)35(96-47-28(76)20(68)18(66)14(6-59)90-47)15(7-60)91-46(17)95-36-16(8-61)92-48(31(79)27(36)75)101-41-33(11(64)4-57)94-52(97-37-13(105-106(87,88)89)2-54(86,53(84)85)104-34(37)12(65)5-58)43(103-50-30(78)22(70)24(72)39(99-50)45(82)83)42(41)102-51-40(26(74)25(73)32(93-51)10(63)3-56)100-49-29(77)21(69)23(71)38(98-49)44(80)81/h10-43,46-52,56-61,63-79,86H,2-8H2,1H3,(H,55,62)(H,80,81)(H,82,83)(H,84,85)(H2,87,88,89)/t10-,11+,12+,13+,14+,15+,16+,17+,18+,19+,20-,21-,22-,23-,24-,25-,26-,27+,28+,29+,30+,31+,32+,33+,34+,35-,36+,37+,38-,39-,40-,41+,42-,43-,46-,47+,48-,49+,50-,51+,52+,54+/m0/s1. The Morgan fingerprint density at radius 2 is 0.792 bits per heavy atom. The Hall–Kier alpha value is -3.57. The van der Waals surface area contributed by atoms with E-state index in [1.165, 1.54) is 0 Å². The van der Waals surface area contributed by atoms with E-state index in [2.05, 4.69) is 5.32 Å². The van der Waals surface area contributed by atoms with Crippen molar-refractivity contribution in [2.75, 3.05) is 39.6 Å². The van der Waals surface area contributed by atoms with E-state index in [1.54, 1.807) is 0 Å². The lowest BCUT2D eigenvalue weighted by Gasteiger charge is -2.54. The number of phosphoric acid groups is 1. The van der Waals surface area contributed by atoms with Gasteiger partial charge in [-0.05, 0) is 0 Å². The minimum Gasteiger partial charge on any atom is -0.479 e. The zero-order chi connectivity index (χ0) is 79.0. The molecule has 0 unspecified atom stereocenters. The lowest BCUT2D eigenvalue weighted by molar-refractivity contribution is -0.428. The van der Waals surface area contributed by atoms with Gasteiger partial charge in [-0.3, -0.25) is 9.32 Å². The Labute approximate surface area is 593 Å². The fraction of sp³-hybridized carbons (Fsp3) is 0.926. The number of aliphatic hydroxyl groups is 24. The van der Waals surface area contributed by atoms with Crippen molar-refractivity contribution >= 4 is 31.6 Å². The van der Waals surface area contributed by atoms with Crippen molar-refractivity contribution < 1.29 is 247 Å². The minimum absolute atomic E-state index is 0.888. The molecule has 614 valence electrons. The first-order valence-corrected chi connectivity index (χ1v) is 33.6. The molecular formula is C54H88NO50P. The maximum Gasteiger partial charge on any atom is 0.469 e. The van der Waals surface area contributed by atoms with Crippen LogP contribution >= 0.6 is 7.82 Å². The van der Waals surface area contributed by atoms with Crippen molar-refractivity contribution in [3.05, 3.63) is 0 Å². The summed E-state index contributed by atoms with van der Waals surface area (Å²) < 4.78 is 105. The summed E-state index contributed by atoms with van der Waals surface area (Å²) in [6.45, 7) is -7.32. The van der Waals surface area contributed by atoms with E-state index in [1.807, 2.05) is 0 Å². The number of carbonyl (C=O) groups is 4. The number of hydrogen-bond donors (Lipinski definition) is 30. The number of carbonyl (C=O) groups excluding carboxylic acids is 1. The highest BCUT2D eigenvalue weighted by Crippen LogP contribution is 2.47. The molecule has 0 spiro atoms. The van der Waals surface area contributed by atoms with Gasteiger partial charge < -0.3 is 224 Å². The molecule has 0 saturated carbocycles. The van der Waals surface area contributed by atoms with Crippen molar-refractivity contribution in [1.29, 1.82) is 0 Å². The average molecular weight is 1580 g/mol. The maximum absolute atomic E-state index is 12.8. The molecule has 0 bridgehead atoms. The molecule has 0 aromatic carbocycles. The molecule has 8 saturated heterocycles. The molecule has 106 heavy (non-hydrogen) atoms. The summed E-state index contributed by atoms with van der Waals surface area (Å²) in [6.07, 6.45) is -103. The predicted molar refractivity (Wildman–Crippen MR) is 311 cm³/mol. The van der Waals surface area contributed by atoms with Crippen molar-refractivity contribution in [1.82, 2.24) is 5.32 Å². The SMILES string of the molecule is CC(=O)N[C@H]1[C@H](O[C@H]2[C@H](O)[C@@H](O)[C@H](O[C@H]3[C@H](O[C@H]4O[C@H]([C@@H](O)CO)[C@@H](O)[C@H](O)[C@@H]4O[C@H]4O[C@H](C(=O)O)[C@@H](O)[C@H](O)[C@H]4O)[C@H](O[C@@H]4O[C@H](C(=O)O)[C@@H](O)[C@H](O)[C@H]4O)[C@@H](O[C@H]4[C@@H]([C@H](O)CO)O[C@@](O)(C(=O)O)C[C@H]4OP(=O)(O)O)O[C@@H]3[C@H](O)CO)O[C@@H]2CO)O[C@H](CO)[C@H](O[C@H]2O[C@H](CO)[C@@H](O)[C@H](O)[C@H]2O)[C@@H]1O. The van der Waals surface area contributed by atoms with E-state index in [4.69, 9.17) is 75.6 Å². The maximum atomic E-state index is 12.8. The number of aliphatic hydroxyl groups excluding tert-OH is 23. The van der Waals surface area contributed by atoms with Gasteiger partial charge in [-0.25, -0.2) is 18.9 Å². The van der Waals surface area contributed by atoms with Crippen LogP contribution in [0.5, 0.6) is 0 Å². The van der Waals surface area contributed by atoms with Gasteiger partial charge in [-0.1, -0.05) is 0 Å². The predicted octanol–water partition coefficient (Wildman–Crippen LogP) is -19.4. The van der Waals surface area contributed by atoms with E-state index in [-0.39, 0.29) is 0 Å². The van der Waals surface area contributed by atoms with Gasteiger partial charge in [0.05, 0.1) is 39.6 Å². The minimum atomic E-state index is -6.10. The number of nitrogens with one attached hydrogen (secondary N) is 1. The fourth-order valence-corrected chi connectivity index (χ4v) is 13.5. The molecule has 8 aliphatic heterocycles. The van der Waals surface area contributed by atoms with E-state index < -0.39 is 335 Å². The molecule has 52 heteroatoms. The number of rotatable bonds is 29. The van der Waals surface area contributed by atoms with Gasteiger partial charge in [0, 0.05) is 13.3 Å². The number of amides is 1. The summed E-state index contributed by atoms with van der Waals surface area (Å²) in [6, 6.07) is -1.97. The second-order valence-corrected chi connectivity index (χ2v) is 26.9. The van der Waals surface area contributed by atoms with Crippen LogP contribution in [0.3, 0.4) is 0 Å². The fourth-order valence-electron chi connectivity index (χ4n) is 12.9. The Kier molecular flexibility index (Phi) is 30.3. The quantitative estimate of drug-likeness (QED) is 0.0309. The molecule has 30 N–H and O–H groups in total. The smallest absolute Gasteiger partial charge is 0.469 e. The van der Waals surface area contributed by atoms with Crippen molar-refractivity contribution in [2.45, 2.75) is 271 Å². The second kappa shape index (κ2) is 36.5. The highest BCUT2D eigenvalue weighted by atomic mass is 31.2. The number of carboxylic acid groups (broad SMARTS) is 3. The topological polar surface area (TPSA) is 832 Å². The number of aliphatic carboxylic acids is 3. The first-order valence-electron chi connectivity index (χ1n) is 32.1. The Bertz CT molecular complexity index is 2910. The van der Waals surface area contributed by atoms with E-state index >= 15 is 0 Å². The molecular weight excluding hydrogens is 1490 g/mol. The van der Waals surface area contributed by atoms with Crippen LogP contribution in [0.2, 0.25) is 0 Å². The molecule has 8 aliphatic rings. The third-order valence-electron chi connectivity index (χ3n) is 18.5. The summed E-state index contributed by atoms with van der Waals surface area (Å²) in [5, 5.41) is 298.